The monoisotopic (exact) mass is 429 g/mol. The molecule has 1 unspecified atom stereocenters. The molecule has 0 radical (unpaired) electrons. The van der Waals surface area contributed by atoms with Crippen LogP contribution in [0, 0.1) is 5.82 Å². The number of hydrogen-bond donors (Lipinski definition) is 2. The Balaban J connectivity index is 1.77. The Labute approximate surface area is 178 Å². The number of fused-ring (bicyclic) bond motifs is 1. The summed E-state index contributed by atoms with van der Waals surface area (Å²) in [5, 5.41) is 6.05. The van der Waals surface area contributed by atoms with Crippen LogP contribution >= 0.6 is 11.6 Å². The smallest absolute Gasteiger partial charge is 0.220 e. The van der Waals surface area contributed by atoms with Gasteiger partial charge in [-0.3, -0.25) is 9.78 Å². The van der Waals surface area contributed by atoms with E-state index in [1.165, 1.54) is 6.33 Å². The highest BCUT2D eigenvalue weighted by molar-refractivity contribution is 6.31. The summed E-state index contributed by atoms with van der Waals surface area (Å²) in [6.45, 7) is 4.43. The quantitative estimate of drug-likeness (QED) is 0.615. The van der Waals surface area contributed by atoms with Crippen LogP contribution in [0.15, 0.2) is 30.7 Å². The standard InChI is InChI=1S/C21H21ClFN5O2/c1-3-30-20-13(8-14(22)18(23)17(20)12-7-16(29)25-9-12)11(2)28-21-19-15(26-10-27-21)5-4-6-24-19/h4-6,8,10-12H,3,7,9H2,1-2H3,(H,25,29)(H,26,27,28)/t11-,12?/m0/s1. The van der Waals surface area contributed by atoms with Gasteiger partial charge < -0.3 is 15.4 Å². The molecule has 0 aliphatic carbocycles. The van der Waals surface area contributed by atoms with Crippen molar-refractivity contribution in [2.24, 2.45) is 0 Å². The lowest BCUT2D eigenvalue weighted by Crippen LogP contribution is -2.16. The van der Waals surface area contributed by atoms with Crippen molar-refractivity contribution in [1.29, 1.82) is 0 Å². The molecule has 1 saturated heterocycles. The van der Waals surface area contributed by atoms with Crippen molar-refractivity contribution in [3.63, 3.8) is 0 Å². The van der Waals surface area contributed by atoms with E-state index < -0.39 is 5.82 Å². The number of amides is 1. The number of pyridine rings is 1. The fourth-order valence-corrected chi connectivity index (χ4v) is 3.95. The Morgan fingerprint density at radius 2 is 2.23 bits per heavy atom. The van der Waals surface area contributed by atoms with E-state index in [1.54, 1.807) is 18.3 Å². The average molecular weight is 430 g/mol. The van der Waals surface area contributed by atoms with Crippen molar-refractivity contribution < 1.29 is 13.9 Å². The van der Waals surface area contributed by atoms with Gasteiger partial charge in [-0.05, 0) is 32.0 Å². The number of aromatic nitrogens is 3. The van der Waals surface area contributed by atoms with Crippen LogP contribution in [0.5, 0.6) is 5.75 Å². The lowest BCUT2D eigenvalue weighted by molar-refractivity contribution is -0.119. The fraction of sp³-hybridized carbons (Fsp3) is 0.333. The summed E-state index contributed by atoms with van der Waals surface area (Å²) in [5.74, 6) is -0.0486. The van der Waals surface area contributed by atoms with Gasteiger partial charge in [-0.15, -0.1) is 0 Å². The molecule has 0 bridgehead atoms. The number of nitrogens with one attached hydrogen (secondary N) is 2. The molecule has 3 aromatic rings. The first-order valence-corrected chi connectivity index (χ1v) is 10.1. The average Bonchev–Trinajstić information content (AvgIpc) is 3.17. The van der Waals surface area contributed by atoms with Crippen LogP contribution in [0.4, 0.5) is 10.2 Å². The van der Waals surface area contributed by atoms with E-state index in [9.17, 15) is 4.79 Å². The van der Waals surface area contributed by atoms with Crippen LogP contribution < -0.4 is 15.4 Å². The molecule has 0 spiro atoms. The summed E-state index contributed by atoms with van der Waals surface area (Å²) < 4.78 is 20.9. The van der Waals surface area contributed by atoms with Gasteiger partial charge in [-0.1, -0.05) is 11.6 Å². The second-order valence-electron chi connectivity index (χ2n) is 7.10. The summed E-state index contributed by atoms with van der Waals surface area (Å²) in [7, 11) is 0. The Morgan fingerprint density at radius 1 is 1.40 bits per heavy atom. The normalized spacial score (nSPS) is 17.1. The zero-order valence-electron chi connectivity index (χ0n) is 16.6. The second kappa shape index (κ2) is 8.39. The van der Waals surface area contributed by atoms with E-state index in [1.807, 2.05) is 19.9 Å². The van der Waals surface area contributed by atoms with E-state index in [-0.39, 0.29) is 29.3 Å². The van der Waals surface area contributed by atoms with Crippen molar-refractivity contribution in [1.82, 2.24) is 20.3 Å². The zero-order valence-corrected chi connectivity index (χ0v) is 17.3. The molecular weight excluding hydrogens is 409 g/mol. The first kappa shape index (κ1) is 20.3. The third-order valence-corrected chi connectivity index (χ3v) is 5.40. The number of nitrogens with zero attached hydrogens (tertiary/aromatic N) is 3. The largest absolute Gasteiger partial charge is 0.493 e. The summed E-state index contributed by atoms with van der Waals surface area (Å²) in [4.78, 5) is 24.6. The summed E-state index contributed by atoms with van der Waals surface area (Å²) in [5.41, 5.74) is 2.35. The summed E-state index contributed by atoms with van der Waals surface area (Å²) in [6, 6.07) is 4.89. The number of hydrogen-bond acceptors (Lipinski definition) is 6. The Hall–Kier alpha value is -3.00. The highest BCUT2D eigenvalue weighted by atomic mass is 35.5. The Morgan fingerprint density at radius 3 is 2.97 bits per heavy atom. The van der Waals surface area contributed by atoms with Gasteiger partial charge in [0, 0.05) is 36.2 Å². The maximum absolute atomic E-state index is 15.0. The third kappa shape index (κ3) is 3.75. The van der Waals surface area contributed by atoms with E-state index in [4.69, 9.17) is 16.3 Å². The molecular formula is C21H21ClFN5O2. The zero-order chi connectivity index (χ0) is 21.3. The molecule has 7 nitrogen and oxygen atoms in total. The molecule has 3 heterocycles. The molecule has 1 aromatic carbocycles. The maximum Gasteiger partial charge on any atom is 0.220 e. The van der Waals surface area contributed by atoms with Crippen molar-refractivity contribution >= 4 is 34.4 Å². The van der Waals surface area contributed by atoms with E-state index in [0.29, 0.717) is 46.9 Å². The minimum absolute atomic E-state index is 0.0119. The molecule has 4 rings (SSSR count). The minimum Gasteiger partial charge on any atom is -0.493 e. The highest BCUT2D eigenvalue weighted by Crippen LogP contribution is 2.42. The molecule has 2 aromatic heterocycles. The first-order valence-electron chi connectivity index (χ1n) is 9.73. The van der Waals surface area contributed by atoms with Crippen LogP contribution in [0.2, 0.25) is 5.02 Å². The first-order chi connectivity index (χ1) is 14.5. The van der Waals surface area contributed by atoms with E-state index in [2.05, 4.69) is 25.6 Å². The number of benzene rings is 1. The molecule has 1 amide bonds. The van der Waals surface area contributed by atoms with Crippen molar-refractivity contribution in [2.45, 2.75) is 32.2 Å². The van der Waals surface area contributed by atoms with Crippen molar-refractivity contribution in [2.75, 3.05) is 18.5 Å². The number of anilines is 1. The predicted molar refractivity (Wildman–Crippen MR) is 112 cm³/mol. The van der Waals surface area contributed by atoms with Crippen molar-refractivity contribution in [3.05, 3.63) is 52.7 Å². The maximum atomic E-state index is 15.0. The molecule has 1 fully saturated rings. The van der Waals surface area contributed by atoms with E-state index >= 15 is 4.39 Å². The summed E-state index contributed by atoms with van der Waals surface area (Å²) in [6.07, 6.45) is 3.32. The van der Waals surface area contributed by atoms with Gasteiger partial charge in [0.1, 0.15) is 23.4 Å². The van der Waals surface area contributed by atoms with Crippen LogP contribution in [0.3, 0.4) is 0 Å². The van der Waals surface area contributed by atoms with Gasteiger partial charge in [-0.25, -0.2) is 14.4 Å². The topological polar surface area (TPSA) is 89.0 Å². The summed E-state index contributed by atoms with van der Waals surface area (Å²) >= 11 is 6.25. The fourth-order valence-electron chi connectivity index (χ4n) is 3.73. The number of halogens is 2. The Kier molecular flexibility index (Phi) is 5.67. The van der Waals surface area contributed by atoms with Gasteiger partial charge in [0.05, 0.1) is 23.2 Å². The van der Waals surface area contributed by atoms with Gasteiger partial charge in [0.25, 0.3) is 0 Å². The third-order valence-electron chi connectivity index (χ3n) is 5.12. The minimum atomic E-state index is -0.549. The van der Waals surface area contributed by atoms with E-state index in [0.717, 1.165) is 0 Å². The number of carbonyl (C=O) groups is 1. The van der Waals surface area contributed by atoms with Crippen LogP contribution in [0.1, 0.15) is 43.4 Å². The molecule has 30 heavy (non-hydrogen) atoms. The number of carbonyl (C=O) groups excluding carboxylic acids is 1. The highest BCUT2D eigenvalue weighted by Gasteiger charge is 2.32. The van der Waals surface area contributed by atoms with Crippen LogP contribution in [-0.4, -0.2) is 34.0 Å². The molecule has 156 valence electrons. The molecule has 1 aliphatic heterocycles. The van der Waals surface area contributed by atoms with Gasteiger partial charge in [-0.2, -0.15) is 0 Å². The SMILES string of the molecule is CCOc1c([C@H](C)Nc2ncnc3cccnc23)cc(Cl)c(F)c1C1CNC(=O)C1. The molecule has 2 N–H and O–H groups in total. The molecule has 1 aliphatic rings. The lowest BCUT2D eigenvalue weighted by Gasteiger charge is -2.24. The van der Waals surface area contributed by atoms with Crippen LogP contribution in [0.25, 0.3) is 11.0 Å². The Bertz CT molecular complexity index is 1100. The van der Waals surface area contributed by atoms with Gasteiger partial charge in [0.15, 0.2) is 5.82 Å². The number of rotatable bonds is 6. The van der Waals surface area contributed by atoms with Gasteiger partial charge in [0.2, 0.25) is 5.91 Å². The predicted octanol–water partition coefficient (Wildman–Crippen LogP) is 3.99. The molecule has 9 heteroatoms. The molecule has 0 saturated carbocycles. The number of ether oxygens (including phenoxy) is 1. The van der Waals surface area contributed by atoms with Crippen LogP contribution in [-0.2, 0) is 4.79 Å². The van der Waals surface area contributed by atoms with Gasteiger partial charge >= 0.3 is 0 Å². The van der Waals surface area contributed by atoms with Crippen molar-refractivity contribution in [3.8, 4) is 5.75 Å². The second-order valence-corrected chi connectivity index (χ2v) is 7.51. The lowest BCUT2D eigenvalue weighted by atomic mass is 9.92. The molecule has 2 atom stereocenters.